The topological polar surface area (TPSA) is 65.7 Å². The molecule has 3 aromatic rings. The van der Waals surface area contributed by atoms with E-state index in [0.29, 0.717) is 18.8 Å². The van der Waals surface area contributed by atoms with Crippen molar-refractivity contribution in [2.75, 3.05) is 18.4 Å². The summed E-state index contributed by atoms with van der Waals surface area (Å²) in [5.41, 5.74) is 2.67. The number of aromatic hydroxyl groups is 1. The fourth-order valence-electron chi connectivity index (χ4n) is 3.70. The Morgan fingerprint density at radius 2 is 1.93 bits per heavy atom. The van der Waals surface area contributed by atoms with Gasteiger partial charge in [-0.15, -0.1) is 0 Å². The number of amides is 1. The van der Waals surface area contributed by atoms with Crippen molar-refractivity contribution in [3.63, 3.8) is 0 Å². The molecule has 5 heteroatoms. The third-order valence-corrected chi connectivity index (χ3v) is 5.22. The molecule has 1 amide bonds. The highest BCUT2D eigenvalue weighted by Crippen LogP contribution is 2.25. The zero-order valence-corrected chi connectivity index (χ0v) is 15.7. The molecule has 1 aliphatic heterocycles. The van der Waals surface area contributed by atoms with Gasteiger partial charge in [-0.05, 0) is 61.9 Å². The van der Waals surface area contributed by atoms with Gasteiger partial charge in [-0.3, -0.25) is 9.69 Å². The fraction of sp³-hybridized carbons (Fsp3) is 0.261. The first-order chi connectivity index (χ1) is 13.7. The summed E-state index contributed by atoms with van der Waals surface area (Å²) in [7, 11) is 0. The van der Waals surface area contributed by atoms with Gasteiger partial charge in [0, 0.05) is 29.9 Å². The molecule has 0 aliphatic carbocycles. The van der Waals surface area contributed by atoms with Crippen LogP contribution in [-0.4, -0.2) is 29.0 Å². The quantitative estimate of drug-likeness (QED) is 0.688. The van der Waals surface area contributed by atoms with Gasteiger partial charge in [0.2, 0.25) is 5.91 Å². The molecule has 0 radical (unpaired) electrons. The minimum Gasteiger partial charge on any atom is -0.508 e. The molecule has 1 atom stereocenters. The van der Waals surface area contributed by atoms with Gasteiger partial charge in [0.25, 0.3) is 0 Å². The molecule has 1 saturated heterocycles. The average molecular weight is 376 g/mol. The Kier molecular flexibility index (Phi) is 5.44. The number of nitrogens with one attached hydrogen (secondary N) is 1. The van der Waals surface area contributed by atoms with Gasteiger partial charge in [-0.1, -0.05) is 18.2 Å². The number of carbonyl (C=O) groups excluding carboxylic acids is 1. The second kappa shape index (κ2) is 8.31. The lowest BCUT2D eigenvalue weighted by Gasteiger charge is -2.32. The second-order valence-corrected chi connectivity index (χ2v) is 7.25. The van der Waals surface area contributed by atoms with Crippen LogP contribution in [0.2, 0.25) is 0 Å². The predicted molar refractivity (Wildman–Crippen MR) is 109 cm³/mol. The lowest BCUT2D eigenvalue weighted by atomic mass is 9.96. The van der Waals surface area contributed by atoms with Crippen LogP contribution >= 0.6 is 0 Å². The van der Waals surface area contributed by atoms with Crippen molar-refractivity contribution in [1.82, 2.24) is 4.90 Å². The Hall–Kier alpha value is -3.05. The molecular weight excluding hydrogens is 352 g/mol. The number of furan rings is 1. The second-order valence-electron chi connectivity index (χ2n) is 7.25. The molecule has 0 spiro atoms. The maximum Gasteiger partial charge on any atom is 0.228 e. The monoisotopic (exact) mass is 376 g/mol. The van der Waals surface area contributed by atoms with Gasteiger partial charge in [-0.25, -0.2) is 0 Å². The molecule has 4 rings (SSSR count). The van der Waals surface area contributed by atoms with Crippen molar-refractivity contribution in [1.29, 1.82) is 0 Å². The number of anilines is 1. The van der Waals surface area contributed by atoms with Crippen LogP contribution in [0.4, 0.5) is 5.69 Å². The SMILES string of the molecule is O=C(Nc1ccc(-c2ccco2)cc1)C1CCCN(Cc2ccccc2O)C1. The molecule has 0 saturated carbocycles. The first kappa shape index (κ1) is 18.3. The molecule has 144 valence electrons. The Balaban J connectivity index is 1.36. The molecule has 1 unspecified atom stereocenters. The molecule has 1 aromatic heterocycles. The molecule has 1 fully saturated rings. The Morgan fingerprint density at radius 1 is 1.11 bits per heavy atom. The highest BCUT2D eigenvalue weighted by Gasteiger charge is 2.26. The zero-order chi connectivity index (χ0) is 19.3. The maximum atomic E-state index is 12.7. The maximum absolute atomic E-state index is 12.7. The Bertz CT molecular complexity index is 919. The fourth-order valence-corrected chi connectivity index (χ4v) is 3.70. The van der Waals surface area contributed by atoms with Crippen molar-refractivity contribution >= 4 is 11.6 Å². The summed E-state index contributed by atoms with van der Waals surface area (Å²) in [6, 6.07) is 18.8. The van der Waals surface area contributed by atoms with Crippen molar-refractivity contribution in [3.8, 4) is 17.1 Å². The number of hydrogen-bond donors (Lipinski definition) is 2. The van der Waals surface area contributed by atoms with Crippen LogP contribution in [0, 0.1) is 5.92 Å². The molecule has 0 bridgehead atoms. The van der Waals surface area contributed by atoms with E-state index in [1.54, 1.807) is 12.3 Å². The normalized spacial score (nSPS) is 17.4. The number of phenolic OH excluding ortho intramolecular Hbond substituents is 1. The van der Waals surface area contributed by atoms with E-state index in [1.165, 1.54) is 0 Å². The van der Waals surface area contributed by atoms with E-state index in [2.05, 4.69) is 10.2 Å². The van der Waals surface area contributed by atoms with Gasteiger partial charge in [-0.2, -0.15) is 0 Å². The third-order valence-electron chi connectivity index (χ3n) is 5.22. The summed E-state index contributed by atoms with van der Waals surface area (Å²) >= 11 is 0. The minimum atomic E-state index is -0.0515. The summed E-state index contributed by atoms with van der Waals surface area (Å²) in [5, 5.41) is 13.0. The van der Waals surface area contributed by atoms with E-state index < -0.39 is 0 Å². The van der Waals surface area contributed by atoms with Gasteiger partial charge in [0.05, 0.1) is 12.2 Å². The molecule has 2 heterocycles. The summed E-state index contributed by atoms with van der Waals surface area (Å²) < 4.78 is 5.39. The van der Waals surface area contributed by atoms with Crippen LogP contribution < -0.4 is 5.32 Å². The molecule has 2 aromatic carbocycles. The number of para-hydroxylation sites is 1. The van der Waals surface area contributed by atoms with Gasteiger partial charge in [0.1, 0.15) is 11.5 Å². The number of likely N-dealkylation sites (tertiary alicyclic amines) is 1. The van der Waals surface area contributed by atoms with Crippen molar-refractivity contribution in [2.45, 2.75) is 19.4 Å². The Morgan fingerprint density at radius 3 is 2.68 bits per heavy atom. The largest absolute Gasteiger partial charge is 0.508 e. The molecular formula is C23H24N2O3. The molecule has 2 N–H and O–H groups in total. The van der Waals surface area contributed by atoms with Crippen LogP contribution in [0.3, 0.4) is 0 Å². The van der Waals surface area contributed by atoms with Crippen molar-refractivity contribution in [2.24, 2.45) is 5.92 Å². The van der Waals surface area contributed by atoms with Gasteiger partial charge >= 0.3 is 0 Å². The van der Waals surface area contributed by atoms with E-state index in [9.17, 15) is 9.90 Å². The van der Waals surface area contributed by atoms with Crippen LogP contribution in [0.1, 0.15) is 18.4 Å². The summed E-state index contributed by atoms with van der Waals surface area (Å²) in [6.07, 6.45) is 3.51. The predicted octanol–water partition coefficient (Wildman–Crippen LogP) is 4.50. The van der Waals surface area contributed by atoms with E-state index in [1.807, 2.05) is 54.6 Å². The molecule has 1 aliphatic rings. The van der Waals surface area contributed by atoms with Gasteiger partial charge in [0.15, 0.2) is 0 Å². The van der Waals surface area contributed by atoms with Crippen LogP contribution in [-0.2, 0) is 11.3 Å². The zero-order valence-electron chi connectivity index (χ0n) is 15.7. The van der Waals surface area contributed by atoms with Gasteiger partial charge < -0.3 is 14.8 Å². The number of hydrogen-bond acceptors (Lipinski definition) is 4. The number of carbonyl (C=O) groups is 1. The van der Waals surface area contributed by atoms with E-state index in [4.69, 9.17) is 4.42 Å². The third kappa shape index (κ3) is 4.26. The molecule has 28 heavy (non-hydrogen) atoms. The standard InChI is InChI=1S/C23H24N2O3/c26-21-7-2-1-5-18(21)15-25-13-3-6-19(16-25)23(27)24-20-11-9-17(10-12-20)22-8-4-14-28-22/h1-2,4-5,7-12,14,19,26H,3,6,13,15-16H2,(H,24,27). The highest BCUT2D eigenvalue weighted by molar-refractivity contribution is 5.93. The van der Waals surface area contributed by atoms with E-state index >= 15 is 0 Å². The van der Waals surface area contributed by atoms with Crippen molar-refractivity contribution < 1.29 is 14.3 Å². The average Bonchev–Trinajstić information content (AvgIpc) is 3.25. The lowest BCUT2D eigenvalue weighted by Crippen LogP contribution is -2.40. The number of phenols is 1. The van der Waals surface area contributed by atoms with Crippen LogP contribution in [0.5, 0.6) is 5.75 Å². The minimum absolute atomic E-state index is 0.0488. The number of rotatable bonds is 5. The smallest absolute Gasteiger partial charge is 0.228 e. The van der Waals surface area contributed by atoms with Crippen molar-refractivity contribution in [3.05, 3.63) is 72.5 Å². The number of nitrogens with zero attached hydrogens (tertiary/aromatic N) is 1. The summed E-state index contributed by atoms with van der Waals surface area (Å²) in [5.74, 6) is 1.12. The lowest BCUT2D eigenvalue weighted by molar-refractivity contribution is -0.121. The first-order valence-electron chi connectivity index (χ1n) is 9.63. The van der Waals surface area contributed by atoms with Crippen LogP contribution in [0.25, 0.3) is 11.3 Å². The van der Waals surface area contributed by atoms with E-state index in [-0.39, 0.29) is 11.8 Å². The Labute approximate surface area is 164 Å². The summed E-state index contributed by atoms with van der Waals surface area (Å²) in [6.45, 7) is 2.30. The number of benzene rings is 2. The van der Waals surface area contributed by atoms with E-state index in [0.717, 1.165) is 42.0 Å². The first-order valence-corrected chi connectivity index (χ1v) is 9.63. The van der Waals surface area contributed by atoms with Crippen LogP contribution in [0.15, 0.2) is 71.3 Å². The number of piperidine rings is 1. The molecule has 5 nitrogen and oxygen atoms in total. The highest BCUT2D eigenvalue weighted by atomic mass is 16.3. The summed E-state index contributed by atoms with van der Waals surface area (Å²) in [4.78, 5) is 15.0.